The fraction of sp³-hybridized carbons (Fsp3) is 0.400. The standard InChI is InChI=1S/C10H16N2/c1-2-8-12-10(11)9-6-4-3-5-7-9/h3-7,10,12H,2,8,11H2,1H3. The maximum Gasteiger partial charge on any atom is 0.0810 e. The predicted octanol–water partition coefficient (Wildman–Crippen LogP) is 1.64. The van der Waals surface area contributed by atoms with Crippen LogP contribution in [0.4, 0.5) is 0 Å². The van der Waals surface area contributed by atoms with Crippen molar-refractivity contribution in [1.82, 2.24) is 5.32 Å². The number of rotatable bonds is 4. The van der Waals surface area contributed by atoms with Gasteiger partial charge in [0.25, 0.3) is 0 Å². The Hall–Kier alpha value is -0.860. The van der Waals surface area contributed by atoms with Crippen LogP contribution >= 0.6 is 0 Å². The maximum atomic E-state index is 5.87. The Morgan fingerprint density at radius 2 is 2.00 bits per heavy atom. The molecular weight excluding hydrogens is 148 g/mol. The Morgan fingerprint density at radius 1 is 1.33 bits per heavy atom. The van der Waals surface area contributed by atoms with Crippen molar-refractivity contribution in [1.29, 1.82) is 0 Å². The van der Waals surface area contributed by atoms with E-state index in [4.69, 9.17) is 5.73 Å². The van der Waals surface area contributed by atoms with E-state index >= 15 is 0 Å². The fourth-order valence-electron chi connectivity index (χ4n) is 1.08. The largest absolute Gasteiger partial charge is 0.312 e. The van der Waals surface area contributed by atoms with Crippen LogP contribution in [0.3, 0.4) is 0 Å². The summed E-state index contributed by atoms with van der Waals surface area (Å²) in [5.74, 6) is 0. The fourth-order valence-corrected chi connectivity index (χ4v) is 1.08. The Balaban J connectivity index is 2.48. The second-order valence-electron chi connectivity index (χ2n) is 2.84. The normalized spacial score (nSPS) is 12.8. The zero-order valence-electron chi connectivity index (χ0n) is 7.46. The molecular formula is C10H16N2. The summed E-state index contributed by atoms with van der Waals surface area (Å²) in [6, 6.07) is 10.1. The first-order valence-electron chi connectivity index (χ1n) is 4.38. The van der Waals surface area contributed by atoms with Crippen molar-refractivity contribution in [3.8, 4) is 0 Å². The molecule has 0 fully saturated rings. The highest BCUT2D eigenvalue weighted by Gasteiger charge is 2.01. The molecule has 0 saturated carbocycles. The number of nitrogens with two attached hydrogens (primary N) is 1. The molecule has 0 aliphatic heterocycles. The van der Waals surface area contributed by atoms with Crippen LogP contribution in [0.5, 0.6) is 0 Å². The summed E-state index contributed by atoms with van der Waals surface area (Å²) in [6.45, 7) is 3.10. The van der Waals surface area contributed by atoms with E-state index in [1.165, 1.54) is 0 Å². The second-order valence-corrected chi connectivity index (χ2v) is 2.84. The van der Waals surface area contributed by atoms with E-state index in [2.05, 4.69) is 12.2 Å². The van der Waals surface area contributed by atoms with E-state index in [-0.39, 0.29) is 6.17 Å². The van der Waals surface area contributed by atoms with Gasteiger partial charge in [-0.3, -0.25) is 5.32 Å². The third-order valence-corrected chi connectivity index (χ3v) is 1.77. The van der Waals surface area contributed by atoms with Gasteiger partial charge in [0.1, 0.15) is 0 Å². The summed E-state index contributed by atoms with van der Waals surface area (Å²) in [5, 5.41) is 3.23. The molecule has 1 aromatic rings. The summed E-state index contributed by atoms with van der Waals surface area (Å²) < 4.78 is 0. The van der Waals surface area contributed by atoms with Crippen LogP contribution in [0.25, 0.3) is 0 Å². The summed E-state index contributed by atoms with van der Waals surface area (Å²) in [5.41, 5.74) is 7.01. The lowest BCUT2D eigenvalue weighted by atomic mass is 10.2. The molecule has 1 aromatic carbocycles. The highest BCUT2D eigenvalue weighted by atomic mass is 15.0. The van der Waals surface area contributed by atoms with Gasteiger partial charge in [-0.05, 0) is 18.5 Å². The van der Waals surface area contributed by atoms with Gasteiger partial charge in [-0.2, -0.15) is 0 Å². The van der Waals surface area contributed by atoms with Crippen molar-refractivity contribution in [3.05, 3.63) is 35.9 Å². The molecule has 1 atom stereocenters. The van der Waals surface area contributed by atoms with Crippen molar-refractivity contribution in [2.24, 2.45) is 5.73 Å². The molecule has 1 unspecified atom stereocenters. The van der Waals surface area contributed by atoms with E-state index in [1.54, 1.807) is 0 Å². The number of benzene rings is 1. The average Bonchev–Trinajstić information content (AvgIpc) is 2.15. The van der Waals surface area contributed by atoms with Crippen LogP contribution in [0.1, 0.15) is 25.1 Å². The van der Waals surface area contributed by atoms with Gasteiger partial charge >= 0.3 is 0 Å². The van der Waals surface area contributed by atoms with Gasteiger partial charge < -0.3 is 5.73 Å². The molecule has 0 aromatic heterocycles. The Bertz CT molecular complexity index is 208. The smallest absolute Gasteiger partial charge is 0.0810 e. The lowest BCUT2D eigenvalue weighted by Gasteiger charge is -2.12. The van der Waals surface area contributed by atoms with Crippen LogP contribution in [-0.2, 0) is 0 Å². The van der Waals surface area contributed by atoms with Gasteiger partial charge in [-0.15, -0.1) is 0 Å². The molecule has 0 bridgehead atoms. The topological polar surface area (TPSA) is 38.0 Å². The minimum absolute atomic E-state index is 0.0221. The Morgan fingerprint density at radius 3 is 2.58 bits per heavy atom. The Kier molecular flexibility index (Phi) is 3.77. The number of hydrogen-bond donors (Lipinski definition) is 2. The van der Waals surface area contributed by atoms with Crippen molar-refractivity contribution >= 4 is 0 Å². The van der Waals surface area contributed by atoms with Gasteiger partial charge in [0, 0.05) is 0 Å². The van der Waals surface area contributed by atoms with Gasteiger partial charge in [-0.25, -0.2) is 0 Å². The lowest BCUT2D eigenvalue weighted by Crippen LogP contribution is -2.29. The first-order chi connectivity index (χ1) is 5.84. The molecule has 3 N–H and O–H groups in total. The molecule has 0 saturated heterocycles. The lowest BCUT2D eigenvalue weighted by molar-refractivity contribution is 0.549. The first-order valence-corrected chi connectivity index (χ1v) is 4.38. The molecule has 0 aliphatic rings. The van der Waals surface area contributed by atoms with Crippen molar-refractivity contribution in [2.45, 2.75) is 19.5 Å². The maximum absolute atomic E-state index is 5.87. The van der Waals surface area contributed by atoms with E-state index in [0.717, 1.165) is 18.5 Å². The minimum Gasteiger partial charge on any atom is -0.312 e. The van der Waals surface area contributed by atoms with Crippen molar-refractivity contribution in [3.63, 3.8) is 0 Å². The average molecular weight is 164 g/mol. The molecule has 66 valence electrons. The molecule has 0 heterocycles. The zero-order valence-corrected chi connectivity index (χ0v) is 7.46. The van der Waals surface area contributed by atoms with Gasteiger partial charge in [0.15, 0.2) is 0 Å². The third-order valence-electron chi connectivity index (χ3n) is 1.77. The van der Waals surface area contributed by atoms with Gasteiger partial charge in [0.05, 0.1) is 6.17 Å². The molecule has 2 nitrogen and oxygen atoms in total. The van der Waals surface area contributed by atoms with Crippen LogP contribution in [-0.4, -0.2) is 6.54 Å². The summed E-state index contributed by atoms with van der Waals surface area (Å²) in [7, 11) is 0. The quantitative estimate of drug-likeness (QED) is 0.664. The SMILES string of the molecule is CCCNC(N)c1ccccc1. The third kappa shape index (κ3) is 2.64. The van der Waals surface area contributed by atoms with E-state index in [9.17, 15) is 0 Å². The van der Waals surface area contributed by atoms with E-state index in [1.807, 2.05) is 30.3 Å². The van der Waals surface area contributed by atoms with Crippen LogP contribution in [0.2, 0.25) is 0 Å². The molecule has 0 radical (unpaired) electrons. The van der Waals surface area contributed by atoms with Crippen LogP contribution in [0, 0.1) is 0 Å². The molecule has 12 heavy (non-hydrogen) atoms. The van der Waals surface area contributed by atoms with Crippen LogP contribution < -0.4 is 11.1 Å². The molecule has 2 heteroatoms. The summed E-state index contributed by atoms with van der Waals surface area (Å²) in [6.07, 6.45) is 1.09. The highest BCUT2D eigenvalue weighted by molar-refractivity contribution is 5.17. The summed E-state index contributed by atoms with van der Waals surface area (Å²) >= 11 is 0. The summed E-state index contributed by atoms with van der Waals surface area (Å²) in [4.78, 5) is 0. The molecule has 0 amide bonds. The number of hydrogen-bond acceptors (Lipinski definition) is 2. The Labute approximate surface area is 73.8 Å². The van der Waals surface area contributed by atoms with Gasteiger partial charge in [0.2, 0.25) is 0 Å². The van der Waals surface area contributed by atoms with E-state index in [0.29, 0.717) is 0 Å². The van der Waals surface area contributed by atoms with Crippen molar-refractivity contribution < 1.29 is 0 Å². The first kappa shape index (κ1) is 9.23. The molecule has 0 aliphatic carbocycles. The molecule has 0 spiro atoms. The molecule has 1 rings (SSSR count). The second kappa shape index (κ2) is 4.91. The monoisotopic (exact) mass is 164 g/mol. The number of nitrogens with one attached hydrogen (secondary N) is 1. The zero-order chi connectivity index (χ0) is 8.81. The van der Waals surface area contributed by atoms with E-state index < -0.39 is 0 Å². The van der Waals surface area contributed by atoms with Gasteiger partial charge in [-0.1, -0.05) is 37.3 Å². The van der Waals surface area contributed by atoms with Crippen LogP contribution in [0.15, 0.2) is 30.3 Å². The minimum atomic E-state index is -0.0221. The van der Waals surface area contributed by atoms with Crippen molar-refractivity contribution in [2.75, 3.05) is 6.54 Å². The highest BCUT2D eigenvalue weighted by Crippen LogP contribution is 2.05. The predicted molar refractivity (Wildman–Crippen MR) is 51.7 cm³/mol.